The van der Waals surface area contributed by atoms with Gasteiger partial charge in [-0.1, -0.05) is 41.4 Å². The van der Waals surface area contributed by atoms with E-state index < -0.39 is 11.6 Å². The first-order valence-corrected chi connectivity index (χ1v) is 7.14. The number of carbonyl (C=O) groups is 1. The topological polar surface area (TPSA) is 64.0 Å². The van der Waals surface area contributed by atoms with E-state index in [1.807, 2.05) is 24.3 Å². The highest BCUT2D eigenvalue weighted by Gasteiger charge is 2.26. The van der Waals surface area contributed by atoms with Crippen LogP contribution in [-0.2, 0) is 11.2 Å². The Morgan fingerprint density at radius 3 is 2.81 bits per heavy atom. The van der Waals surface area contributed by atoms with Gasteiger partial charge in [0.05, 0.1) is 0 Å². The molecule has 0 fully saturated rings. The molecule has 1 aromatic heterocycles. The number of hydrogen-bond donors (Lipinski definition) is 1. The monoisotopic (exact) mass is 323 g/mol. The maximum atomic E-state index is 12.4. The van der Waals surface area contributed by atoms with Gasteiger partial charge in [-0.2, -0.15) is 0 Å². The van der Waals surface area contributed by atoms with Crippen molar-refractivity contribution >= 4 is 34.8 Å². The minimum absolute atomic E-state index is 0.0600. The molecular weight excluding hydrogens is 313 g/mol. The fourth-order valence-corrected chi connectivity index (χ4v) is 2.68. The van der Waals surface area contributed by atoms with Gasteiger partial charge >= 0.3 is 0 Å². The predicted molar refractivity (Wildman–Crippen MR) is 80.9 cm³/mol. The molecule has 1 aromatic carbocycles. The summed E-state index contributed by atoms with van der Waals surface area (Å²) >= 11 is 11.5. The largest absolute Gasteiger partial charge is 0.324 e. The lowest BCUT2D eigenvalue weighted by molar-refractivity contribution is -0.119. The Morgan fingerprint density at radius 1 is 1.24 bits per heavy atom. The molecule has 1 atom stereocenters. The van der Waals surface area contributed by atoms with Gasteiger partial charge in [-0.25, -0.2) is 4.98 Å². The Bertz CT molecular complexity index is 773. The first-order chi connectivity index (χ1) is 10.1. The molecule has 0 bridgehead atoms. The van der Waals surface area contributed by atoms with Crippen LogP contribution in [0.25, 0.3) is 0 Å². The van der Waals surface area contributed by atoms with Crippen LogP contribution in [0, 0.1) is 0 Å². The summed E-state index contributed by atoms with van der Waals surface area (Å²) in [5.41, 5.74) is 1.29. The molecule has 0 radical (unpaired) electrons. The van der Waals surface area contributed by atoms with Crippen molar-refractivity contribution in [1.29, 1.82) is 0 Å². The summed E-state index contributed by atoms with van der Waals surface area (Å²) in [6, 6.07) is 6.90. The summed E-state index contributed by atoms with van der Waals surface area (Å²) in [6.07, 6.45) is 2.42. The van der Waals surface area contributed by atoms with Gasteiger partial charge in [0, 0.05) is 5.69 Å². The van der Waals surface area contributed by atoms with E-state index in [1.165, 1.54) is 10.9 Å². The van der Waals surface area contributed by atoms with Crippen LogP contribution < -0.4 is 10.9 Å². The Hall–Kier alpha value is -1.85. The molecule has 108 valence electrons. The van der Waals surface area contributed by atoms with Gasteiger partial charge in [0.2, 0.25) is 5.91 Å². The third kappa shape index (κ3) is 2.54. The van der Waals surface area contributed by atoms with Gasteiger partial charge < -0.3 is 5.32 Å². The molecule has 0 saturated heterocycles. The standard InChI is InChI=1S/C14H11Cl2N3O2/c15-11-12(16)17-7-19(14(11)21)10-6-5-8-3-1-2-4-9(8)18-13(10)20/h1-4,7,10H,5-6H2,(H,18,20). The van der Waals surface area contributed by atoms with Crippen molar-refractivity contribution in [1.82, 2.24) is 9.55 Å². The van der Waals surface area contributed by atoms with E-state index in [0.717, 1.165) is 11.3 Å². The second kappa shape index (κ2) is 5.50. The highest BCUT2D eigenvalue weighted by Crippen LogP contribution is 2.26. The second-order valence-corrected chi connectivity index (χ2v) is 5.50. The number of nitrogens with one attached hydrogen (secondary N) is 1. The summed E-state index contributed by atoms with van der Waals surface area (Å²) in [5, 5.41) is 2.60. The lowest BCUT2D eigenvalue weighted by Crippen LogP contribution is -2.33. The van der Waals surface area contributed by atoms with E-state index in [9.17, 15) is 9.59 Å². The van der Waals surface area contributed by atoms with Crippen LogP contribution in [0.5, 0.6) is 0 Å². The molecule has 3 rings (SSSR count). The molecule has 0 saturated carbocycles. The molecule has 1 aliphatic heterocycles. The number of aryl methyl sites for hydroxylation is 1. The number of fused-ring (bicyclic) bond motifs is 1. The van der Waals surface area contributed by atoms with Gasteiger partial charge in [-0.15, -0.1) is 0 Å². The zero-order valence-corrected chi connectivity index (χ0v) is 12.4. The molecule has 7 heteroatoms. The molecule has 0 spiro atoms. The number of nitrogens with zero attached hydrogens (tertiary/aromatic N) is 2. The van der Waals surface area contributed by atoms with Crippen LogP contribution in [0.1, 0.15) is 18.0 Å². The Labute approximate surface area is 130 Å². The fraction of sp³-hybridized carbons (Fsp3) is 0.214. The van der Waals surface area contributed by atoms with Crippen LogP contribution in [0.4, 0.5) is 5.69 Å². The molecular formula is C14H11Cl2N3O2. The van der Waals surface area contributed by atoms with Crippen LogP contribution in [0.2, 0.25) is 10.2 Å². The molecule has 1 unspecified atom stereocenters. The zero-order chi connectivity index (χ0) is 15.0. The number of hydrogen-bond acceptors (Lipinski definition) is 3. The zero-order valence-electron chi connectivity index (χ0n) is 10.8. The molecule has 1 N–H and O–H groups in total. The van der Waals surface area contributed by atoms with E-state index >= 15 is 0 Å². The molecule has 2 aromatic rings. The van der Waals surface area contributed by atoms with Crippen molar-refractivity contribution in [3.05, 3.63) is 56.7 Å². The van der Waals surface area contributed by atoms with E-state index in [-0.39, 0.29) is 16.1 Å². The number of anilines is 1. The Balaban J connectivity index is 2.00. The number of aromatic nitrogens is 2. The maximum Gasteiger partial charge on any atom is 0.274 e. The normalized spacial score (nSPS) is 17.8. The van der Waals surface area contributed by atoms with Gasteiger partial charge in [-0.05, 0) is 24.5 Å². The highest BCUT2D eigenvalue weighted by molar-refractivity contribution is 6.40. The van der Waals surface area contributed by atoms with E-state index in [0.29, 0.717) is 12.8 Å². The minimum atomic E-state index is -0.660. The molecule has 0 aliphatic carbocycles. The van der Waals surface area contributed by atoms with Gasteiger partial charge in [0.1, 0.15) is 17.4 Å². The lowest BCUT2D eigenvalue weighted by Gasteiger charge is -2.16. The Morgan fingerprint density at radius 2 is 2.00 bits per heavy atom. The van der Waals surface area contributed by atoms with Crippen molar-refractivity contribution in [2.24, 2.45) is 0 Å². The third-order valence-electron chi connectivity index (χ3n) is 3.50. The molecule has 1 aliphatic rings. The summed E-state index contributed by atoms with van der Waals surface area (Å²) < 4.78 is 1.23. The van der Waals surface area contributed by atoms with Gasteiger partial charge in [0.25, 0.3) is 5.56 Å². The van der Waals surface area contributed by atoms with Crippen molar-refractivity contribution in [2.45, 2.75) is 18.9 Å². The maximum absolute atomic E-state index is 12.4. The number of benzene rings is 1. The number of amides is 1. The van der Waals surface area contributed by atoms with Crippen LogP contribution >= 0.6 is 23.2 Å². The van der Waals surface area contributed by atoms with E-state index in [4.69, 9.17) is 23.2 Å². The van der Waals surface area contributed by atoms with Gasteiger partial charge in [0.15, 0.2) is 5.15 Å². The third-order valence-corrected chi connectivity index (χ3v) is 4.22. The number of halogens is 2. The first kappa shape index (κ1) is 14.1. The van der Waals surface area contributed by atoms with Gasteiger partial charge in [-0.3, -0.25) is 14.2 Å². The molecule has 2 heterocycles. The van der Waals surface area contributed by atoms with Crippen molar-refractivity contribution in [3.8, 4) is 0 Å². The SMILES string of the molecule is O=C1Nc2ccccc2CCC1n1cnc(Cl)c(Cl)c1=O. The molecule has 21 heavy (non-hydrogen) atoms. The summed E-state index contributed by atoms with van der Waals surface area (Å²) in [4.78, 5) is 28.3. The van der Waals surface area contributed by atoms with Crippen LogP contribution in [0.3, 0.4) is 0 Å². The lowest BCUT2D eigenvalue weighted by atomic mass is 10.1. The number of rotatable bonds is 1. The average Bonchev–Trinajstić information content (AvgIpc) is 2.64. The van der Waals surface area contributed by atoms with Crippen LogP contribution in [0.15, 0.2) is 35.4 Å². The fourth-order valence-electron chi connectivity index (χ4n) is 2.41. The molecule has 1 amide bonds. The average molecular weight is 324 g/mol. The first-order valence-electron chi connectivity index (χ1n) is 6.39. The predicted octanol–water partition coefficient (Wildman–Crippen LogP) is 2.68. The highest BCUT2D eigenvalue weighted by atomic mass is 35.5. The van der Waals surface area contributed by atoms with E-state index in [1.54, 1.807) is 0 Å². The quantitative estimate of drug-likeness (QED) is 0.820. The summed E-state index contributed by atoms with van der Waals surface area (Å²) in [7, 11) is 0. The van der Waals surface area contributed by atoms with Crippen LogP contribution in [-0.4, -0.2) is 15.5 Å². The summed E-state index contributed by atoms with van der Waals surface area (Å²) in [6.45, 7) is 0. The summed E-state index contributed by atoms with van der Waals surface area (Å²) in [5.74, 6) is -0.262. The smallest absolute Gasteiger partial charge is 0.274 e. The molecule has 5 nitrogen and oxygen atoms in total. The Kier molecular flexibility index (Phi) is 3.69. The minimum Gasteiger partial charge on any atom is -0.324 e. The number of para-hydroxylation sites is 1. The number of carbonyl (C=O) groups excluding carboxylic acids is 1. The van der Waals surface area contributed by atoms with Crippen molar-refractivity contribution < 1.29 is 4.79 Å². The van der Waals surface area contributed by atoms with E-state index in [2.05, 4.69) is 10.3 Å². The van der Waals surface area contributed by atoms with Crippen molar-refractivity contribution in [2.75, 3.05) is 5.32 Å². The van der Waals surface area contributed by atoms with Crippen molar-refractivity contribution in [3.63, 3.8) is 0 Å². The second-order valence-electron chi connectivity index (χ2n) is 4.76.